The average molecular weight is 438 g/mol. The van der Waals surface area contributed by atoms with Crippen LogP contribution in [0.25, 0.3) is 17.0 Å². The number of imidazole rings is 1. The van der Waals surface area contributed by atoms with Gasteiger partial charge in [0.1, 0.15) is 16.9 Å². The summed E-state index contributed by atoms with van der Waals surface area (Å²) in [6.45, 7) is 5.46. The first-order valence-electron chi connectivity index (χ1n) is 10.1. The van der Waals surface area contributed by atoms with Gasteiger partial charge in [-0.05, 0) is 27.3 Å². The molecule has 5 rings (SSSR count). The summed E-state index contributed by atoms with van der Waals surface area (Å²) in [5.74, 6) is -0.237. The Kier molecular flexibility index (Phi) is 4.30. The van der Waals surface area contributed by atoms with E-state index in [-0.39, 0.29) is 30.1 Å². The molecule has 0 bridgehead atoms. The minimum Gasteiger partial charge on any atom is -0.339 e. The molecular formula is C19H22F4N8. The number of aromatic nitrogens is 6. The van der Waals surface area contributed by atoms with Crippen molar-refractivity contribution in [2.45, 2.75) is 38.5 Å². The van der Waals surface area contributed by atoms with Gasteiger partial charge in [0.05, 0.1) is 24.6 Å². The Hall–Kier alpha value is -2.76. The van der Waals surface area contributed by atoms with Crippen LogP contribution < -0.4 is 4.90 Å². The molecule has 3 aromatic heterocycles. The number of fused-ring (bicyclic) bond motifs is 1. The van der Waals surface area contributed by atoms with E-state index in [1.165, 1.54) is 10.6 Å². The number of hydrogen-bond donors (Lipinski definition) is 0. The van der Waals surface area contributed by atoms with Gasteiger partial charge in [0, 0.05) is 25.6 Å². The Labute approximate surface area is 175 Å². The van der Waals surface area contributed by atoms with E-state index in [9.17, 15) is 17.6 Å². The maximum Gasteiger partial charge on any atom is 0.411 e. The number of nitrogens with zero attached hydrogens (tertiary/aromatic N) is 8. The van der Waals surface area contributed by atoms with Crippen LogP contribution in [0.1, 0.15) is 19.0 Å². The molecule has 0 radical (unpaired) electrons. The largest absolute Gasteiger partial charge is 0.411 e. The van der Waals surface area contributed by atoms with Crippen LogP contribution in [0.4, 0.5) is 23.4 Å². The predicted octanol–water partition coefficient (Wildman–Crippen LogP) is 2.53. The highest BCUT2D eigenvalue weighted by Crippen LogP contribution is 2.47. The third-order valence-corrected chi connectivity index (χ3v) is 6.44. The summed E-state index contributed by atoms with van der Waals surface area (Å²) in [4.78, 5) is 13.4. The van der Waals surface area contributed by atoms with Gasteiger partial charge in [0.15, 0.2) is 11.5 Å². The third kappa shape index (κ3) is 2.99. The lowest BCUT2D eigenvalue weighted by Crippen LogP contribution is -2.66. The molecular weight excluding hydrogens is 416 g/mol. The summed E-state index contributed by atoms with van der Waals surface area (Å²) in [6.07, 6.45) is -2.02. The van der Waals surface area contributed by atoms with Gasteiger partial charge in [-0.1, -0.05) is 0 Å². The van der Waals surface area contributed by atoms with Crippen molar-refractivity contribution in [3.05, 3.63) is 24.0 Å². The van der Waals surface area contributed by atoms with Crippen LogP contribution in [-0.2, 0) is 6.54 Å². The van der Waals surface area contributed by atoms with E-state index >= 15 is 0 Å². The quantitative estimate of drug-likeness (QED) is 0.584. The predicted molar refractivity (Wildman–Crippen MR) is 104 cm³/mol. The first-order valence-corrected chi connectivity index (χ1v) is 10.1. The molecule has 2 fully saturated rings. The Morgan fingerprint density at radius 2 is 1.97 bits per heavy atom. The van der Waals surface area contributed by atoms with Crippen LogP contribution in [0.5, 0.6) is 0 Å². The van der Waals surface area contributed by atoms with Crippen molar-refractivity contribution in [1.29, 1.82) is 0 Å². The standard InChI is InChI=1S/C19H22F4N8/c1-11-15(13-6-25-30(27-13)10-12-8-28(3)9-12)26-17(16-24-7-14(20)31(11)16)29-5-4-18(29,2)19(21,22)23/h6-7,12H,4-5,8-10H2,1-3H3. The SMILES string of the molecule is Cc1c(-c2cnn(CC3CN(C)C3)n2)nc(N2CCC2(C)C(F)(F)F)c2ncc(F)n12. The first-order chi connectivity index (χ1) is 14.6. The van der Waals surface area contributed by atoms with Crippen LogP contribution in [0.2, 0.25) is 0 Å². The average Bonchev–Trinajstić information content (AvgIpc) is 3.27. The van der Waals surface area contributed by atoms with E-state index < -0.39 is 17.7 Å². The van der Waals surface area contributed by atoms with E-state index in [0.29, 0.717) is 23.9 Å². The van der Waals surface area contributed by atoms with Gasteiger partial charge in [-0.15, -0.1) is 0 Å². The molecule has 2 aliphatic rings. The van der Waals surface area contributed by atoms with Crippen molar-refractivity contribution in [3.8, 4) is 11.4 Å². The van der Waals surface area contributed by atoms with Gasteiger partial charge >= 0.3 is 6.18 Å². The van der Waals surface area contributed by atoms with Gasteiger partial charge in [-0.25, -0.2) is 9.97 Å². The van der Waals surface area contributed by atoms with Crippen molar-refractivity contribution in [2.75, 3.05) is 31.6 Å². The second kappa shape index (κ2) is 6.62. The monoisotopic (exact) mass is 438 g/mol. The molecule has 5 heterocycles. The Bertz CT molecular complexity index is 1150. The first kappa shape index (κ1) is 20.2. The van der Waals surface area contributed by atoms with Crippen molar-refractivity contribution in [3.63, 3.8) is 0 Å². The molecule has 1 atom stereocenters. The maximum absolute atomic E-state index is 14.5. The minimum atomic E-state index is -4.46. The molecule has 166 valence electrons. The molecule has 0 saturated carbocycles. The van der Waals surface area contributed by atoms with Gasteiger partial charge in [-0.2, -0.15) is 32.6 Å². The summed E-state index contributed by atoms with van der Waals surface area (Å²) < 4.78 is 56.9. The fourth-order valence-corrected chi connectivity index (χ4v) is 4.44. The Balaban J connectivity index is 1.58. The molecule has 0 amide bonds. The summed E-state index contributed by atoms with van der Waals surface area (Å²) >= 11 is 0. The highest BCUT2D eigenvalue weighted by molar-refractivity contribution is 5.73. The van der Waals surface area contributed by atoms with E-state index in [0.717, 1.165) is 31.1 Å². The summed E-state index contributed by atoms with van der Waals surface area (Å²) in [5, 5.41) is 8.75. The van der Waals surface area contributed by atoms with E-state index in [2.05, 4.69) is 25.1 Å². The van der Waals surface area contributed by atoms with Crippen LogP contribution in [-0.4, -0.2) is 72.7 Å². The van der Waals surface area contributed by atoms with E-state index in [4.69, 9.17) is 0 Å². The Morgan fingerprint density at radius 3 is 2.58 bits per heavy atom. The number of halogens is 4. The lowest BCUT2D eigenvalue weighted by atomic mass is 9.86. The van der Waals surface area contributed by atoms with Gasteiger partial charge in [-0.3, -0.25) is 4.40 Å². The Morgan fingerprint density at radius 1 is 1.23 bits per heavy atom. The number of anilines is 1. The van der Waals surface area contributed by atoms with Crippen molar-refractivity contribution < 1.29 is 17.6 Å². The molecule has 12 heteroatoms. The van der Waals surface area contributed by atoms with Crippen molar-refractivity contribution in [2.24, 2.45) is 5.92 Å². The third-order valence-electron chi connectivity index (χ3n) is 6.44. The molecule has 8 nitrogen and oxygen atoms in total. The second-order valence-corrected chi connectivity index (χ2v) is 8.65. The van der Waals surface area contributed by atoms with Gasteiger partial charge in [0.2, 0.25) is 5.95 Å². The normalized spacial score (nSPS) is 22.7. The number of hydrogen-bond acceptors (Lipinski definition) is 6. The summed E-state index contributed by atoms with van der Waals surface area (Å²) in [5.41, 5.74) is -0.954. The lowest BCUT2D eigenvalue weighted by molar-refractivity contribution is -0.196. The van der Waals surface area contributed by atoms with Gasteiger partial charge in [0.25, 0.3) is 0 Å². The number of rotatable bonds is 4. The minimum absolute atomic E-state index is 0.00857. The zero-order valence-electron chi connectivity index (χ0n) is 17.4. The fraction of sp³-hybridized carbons (Fsp3) is 0.579. The van der Waals surface area contributed by atoms with Crippen LogP contribution >= 0.6 is 0 Å². The molecule has 2 aliphatic heterocycles. The topological polar surface area (TPSA) is 67.4 Å². The highest BCUT2D eigenvalue weighted by Gasteiger charge is 2.61. The highest BCUT2D eigenvalue weighted by atomic mass is 19.4. The molecule has 0 N–H and O–H groups in total. The second-order valence-electron chi connectivity index (χ2n) is 8.65. The van der Waals surface area contributed by atoms with Crippen LogP contribution in [0.3, 0.4) is 0 Å². The molecule has 0 spiro atoms. The lowest BCUT2D eigenvalue weighted by Gasteiger charge is -2.51. The number of alkyl halides is 3. The smallest absolute Gasteiger partial charge is 0.339 e. The van der Waals surface area contributed by atoms with Crippen LogP contribution in [0.15, 0.2) is 12.4 Å². The molecule has 1 unspecified atom stereocenters. The fourth-order valence-electron chi connectivity index (χ4n) is 4.44. The molecule has 31 heavy (non-hydrogen) atoms. The maximum atomic E-state index is 14.5. The molecule has 2 saturated heterocycles. The number of aryl methyl sites for hydroxylation is 1. The molecule has 0 aliphatic carbocycles. The van der Waals surface area contributed by atoms with Gasteiger partial charge < -0.3 is 9.80 Å². The van der Waals surface area contributed by atoms with Crippen molar-refractivity contribution >= 4 is 11.5 Å². The zero-order chi connectivity index (χ0) is 22.1. The van der Waals surface area contributed by atoms with E-state index in [1.54, 1.807) is 11.7 Å². The van der Waals surface area contributed by atoms with E-state index in [1.807, 2.05) is 7.05 Å². The summed E-state index contributed by atoms with van der Waals surface area (Å²) in [6, 6.07) is 0. The zero-order valence-corrected chi connectivity index (χ0v) is 17.4. The summed E-state index contributed by atoms with van der Waals surface area (Å²) in [7, 11) is 2.03. The van der Waals surface area contributed by atoms with Crippen LogP contribution in [0, 0.1) is 18.8 Å². The molecule has 3 aromatic rings. The molecule has 0 aromatic carbocycles. The number of likely N-dealkylation sites (tertiary alicyclic amines) is 1. The van der Waals surface area contributed by atoms with Crippen molar-refractivity contribution in [1.82, 2.24) is 34.3 Å².